The van der Waals surface area contributed by atoms with Crippen LogP contribution < -0.4 is 9.75 Å². The number of hydrogen-bond acceptors (Lipinski definition) is 1. The molecule has 0 fully saturated rings. The van der Waals surface area contributed by atoms with Gasteiger partial charge in [-0.15, -0.1) is 11.3 Å². The van der Waals surface area contributed by atoms with Gasteiger partial charge in [-0.3, -0.25) is 0 Å². The summed E-state index contributed by atoms with van der Waals surface area (Å²) in [5, 5.41) is 3.04. The molecule has 1 heterocycles. The van der Waals surface area contributed by atoms with Crippen molar-refractivity contribution in [3.05, 3.63) is 34.0 Å². The SMILES string of the molecule is CCCCC1=c2c(sc3ccccc23)=CC(C)(C)C1. The molecule has 0 saturated heterocycles. The summed E-state index contributed by atoms with van der Waals surface area (Å²) in [6.07, 6.45) is 7.57. The van der Waals surface area contributed by atoms with E-state index in [0.717, 1.165) is 0 Å². The third-order valence-electron chi connectivity index (χ3n) is 4.00. The number of hydrogen-bond donors (Lipinski definition) is 0. The third kappa shape index (κ3) is 2.36. The van der Waals surface area contributed by atoms with Crippen molar-refractivity contribution >= 4 is 33.1 Å². The van der Waals surface area contributed by atoms with Gasteiger partial charge in [0.1, 0.15) is 0 Å². The minimum Gasteiger partial charge on any atom is -0.136 e. The molecular weight excluding hydrogens is 248 g/mol. The van der Waals surface area contributed by atoms with E-state index in [1.807, 2.05) is 11.3 Å². The van der Waals surface area contributed by atoms with Crippen molar-refractivity contribution in [1.82, 2.24) is 0 Å². The minimum atomic E-state index is 0.316. The summed E-state index contributed by atoms with van der Waals surface area (Å²) in [6.45, 7) is 7.02. The van der Waals surface area contributed by atoms with Crippen LogP contribution in [0.3, 0.4) is 0 Å². The average molecular weight is 270 g/mol. The fourth-order valence-electron chi connectivity index (χ4n) is 3.18. The smallest absolute Gasteiger partial charge is 0.0355 e. The standard InChI is InChI=1S/C18H22S/c1-4-5-8-13-11-18(2,3)12-16-17(13)14-9-6-7-10-15(14)19-16/h6-7,9-10,12H,4-5,8,11H2,1-3H3. The highest BCUT2D eigenvalue weighted by atomic mass is 32.1. The maximum absolute atomic E-state index is 2.49. The normalized spacial score (nSPS) is 17.3. The monoisotopic (exact) mass is 270 g/mol. The summed E-state index contributed by atoms with van der Waals surface area (Å²) < 4.78 is 2.94. The van der Waals surface area contributed by atoms with Crippen LogP contribution in [0.25, 0.3) is 21.7 Å². The quantitative estimate of drug-likeness (QED) is 0.773. The molecule has 1 heteroatoms. The summed E-state index contributed by atoms with van der Waals surface area (Å²) in [4.78, 5) is 0. The lowest BCUT2D eigenvalue weighted by Gasteiger charge is -2.25. The molecule has 100 valence electrons. The van der Waals surface area contributed by atoms with E-state index in [0.29, 0.717) is 5.41 Å². The van der Waals surface area contributed by atoms with Crippen molar-refractivity contribution in [2.24, 2.45) is 5.41 Å². The van der Waals surface area contributed by atoms with Crippen molar-refractivity contribution < 1.29 is 0 Å². The molecule has 1 aliphatic rings. The Balaban J connectivity index is 2.32. The Morgan fingerprint density at radius 2 is 2.00 bits per heavy atom. The lowest BCUT2D eigenvalue weighted by atomic mass is 9.80. The van der Waals surface area contributed by atoms with Crippen LogP contribution in [0, 0.1) is 5.41 Å². The number of thiophene rings is 1. The highest BCUT2D eigenvalue weighted by molar-refractivity contribution is 7.17. The second kappa shape index (κ2) is 4.79. The molecule has 19 heavy (non-hydrogen) atoms. The summed E-state index contributed by atoms with van der Waals surface area (Å²) in [7, 11) is 0. The van der Waals surface area contributed by atoms with Crippen LogP contribution in [-0.2, 0) is 0 Å². The molecular formula is C18H22S. The fraction of sp³-hybridized carbons (Fsp3) is 0.444. The number of rotatable bonds is 3. The number of fused-ring (bicyclic) bond motifs is 3. The minimum absolute atomic E-state index is 0.316. The molecule has 1 aromatic carbocycles. The first kappa shape index (κ1) is 12.9. The van der Waals surface area contributed by atoms with Crippen molar-refractivity contribution in [1.29, 1.82) is 0 Å². The van der Waals surface area contributed by atoms with E-state index >= 15 is 0 Å². The predicted molar refractivity (Wildman–Crippen MR) is 86.9 cm³/mol. The Kier molecular flexibility index (Phi) is 3.26. The molecule has 0 spiro atoms. The predicted octanol–water partition coefficient (Wildman–Crippen LogP) is 4.45. The highest BCUT2D eigenvalue weighted by Gasteiger charge is 2.22. The van der Waals surface area contributed by atoms with Crippen LogP contribution in [0.15, 0.2) is 24.3 Å². The molecule has 0 atom stereocenters. The molecule has 0 bridgehead atoms. The van der Waals surface area contributed by atoms with Gasteiger partial charge in [0.25, 0.3) is 0 Å². The molecule has 0 N–H and O–H groups in total. The second-order valence-electron chi connectivity index (χ2n) is 6.35. The first-order valence-electron chi connectivity index (χ1n) is 7.33. The van der Waals surface area contributed by atoms with E-state index in [4.69, 9.17) is 0 Å². The van der Waals surface area contributed by atoms with Crippen LogP contribution in [0.2, 0.25) is 0 Å². The number of benzene rings is 1. The Labute approximate surface area is 119 Å². The average Bonchev–Trinajstić information content (AvgIpc) is 2.72. The van der Waals surface area contributed by atoms with Crippen LogP contribution >= 0.6 is 11.3 Å². The molecule has 0 aliphatic heterocycles. The summed E-state index contributed by atoms with van der Waals surface area (Å²) in [5.41, 5.74) is 2.00. The fourth-order valence-corrected chi connectivity index (χ4v) is 4.58. The van der Waals surface area contributed by atoms with Gasteiger partial charge in [-0.05, 0) is 36.0 Å². The lowest BCUT2D eigenvalue weighted by Crippen LogP contribution is -2.31. The van der Waals surface area contributed by atoms with Gasteiger partial charge in [0.15, 0.2) is 0 Å². The van der Waals surface area contributed by atoms with E-state index in [-0.39, 0.29) is 0 Å². The first-order valence-corrected chi connectivity index (χ1v) is 8.15. The van der Waals surface area contributed by atoms with Gasteiger partial charge in [0.2, 0.25) is 0 Å². The van der Waals surface area contributed by atoms with E-state index in [9.17, 15) is 0 Å². The molecule has 1 aromatic heterocycles. The largest absolute Gasteiger partial charge is 0.136 e. The zero-order chi connectivity index (χ0) is 13.5. The maximum Gasteiger partial charge on any atom is 0.0355 e. The van der Waals surface area contributed by atoms with Gasteiger partial charge in [0.05, 0.1) is 0 Å². The van der Waals surface area contributed by atoms with Crippen LogP contribution in [0.1, 0.15) is 46.5 Å². The molecule has 0 saturated carbocycles. The van der Waals surface area contributed by atoms with Gasteiger partial charge in [-0.2, -0.15) is 0 Å². The Morgan fingerprint density at radius 3 is 2.79 bits per heavy atom. The van der Waals surface area contributed by atoms with Crippen molar-refractivity contribution in [2.45, 2.75) is 46.5 Å². The molecule has 2 aromatic rings. The summed E-state index contributed by atoms with van der Waals surface area (Å²) in [6, 6.07) is 8.88. The highest BCUT2D eigenvalue weighted by Crippen LogP contribution is 2.32. The molecule has 3 rings (SSSR count). The van der Waals surface area contributed by atoms with E-state index in [1.54, 1.807) is 10.8 Å². The second-order valence-corrected chi connectivity index (χ2v) is 7.44. The first-order chi connectivity index (χ1) is 9.11. The van der Waals surface area contributed by atoms with Gasteiger partial charge in [0, 0.05) is 14.6 Å². The van der Waals surface area contributed by atoms with Crippen molar-refractivity contribution in [3.8, 4) is 0 Å². The summed E-state index contributed by atoms with van der Waals surface area (Å²) in [5.74, 6) is 0. The Morgan fingerprint density at radius 1 is 1.21 bits per heavy atom. The van der Waals surface area contributed by atoms with Gasteiger partial charge in [-0.25, -0.2) is 0 Å². The Bertz CT molecular complexity index is 716. The number of unbranched alkanes of at least 4 members (excludes halogenated alkanes) is 1. The zero-order valence-electron chi connectivity index (χ0n) is 12.1. The molecule has 0 radical (unpaired) electrons. The van der Waals surface area contributed by atoms with Crippen LogP contribution in [0.4, 0.5) is 0 Å². The van der Waals surface area contributed by atoms with Crippen molar-refractivity contribution in [3.63, 3.8) is 0 Å². The van der Waals surface area contributed by atoms with E-state index in [2.05, 4.69) is 51.1 Å². The van der Waals surface area contributed by atoms with Crippen LogP contribution in [0.5, 0.6) is 0 Å². The topological polar surface area (TPSA) is 0 Å². The summed E-state index contributed by atoms with van der Waals surface area (Å²) >= 11 is 1.96. The van der Waals surface area contributed by atoms with E-state index in [1.165, 1.54) is 40.3 Å². The van der Waals surface area contributed by atoms with Crippen LogP contribution in [-0.4, -0.2) is 0 Å². The molecule has 0 unspecified atom stereocenters. The molecule has 1 aliphatic carbocycles. The molecule has 0 nitrogen and oxygen atoms in total. The van der Waals surface area contributed by atoms with E-state index < -0.39 is 0 Å². The maximum atomic E-state index is 2.49. The third-order valence-corrected chi connectivity index (χ3v) is 5.12. The lowest BCUT2D eigenvalue weighted by molar-refractivity contribution is 0.519. The van der Waals surface area contributed by atoms with Gasteiger partial charge >= 0.3 is 0 Å². The van der Waals surface area contributed by atoms with Crippen molar-refractivity contribution in [2.75, 3.05) is 0 Å². The zero-order valence-corrected chi connectivity index (χ0v) is 12.9. The Hall–Kier alpha value is -1.08. The molecule has 0 amide bonds. The van der Waals surface area contributed by atoms with Gasteiger partial charge in [-0.1, -0.05) is 57.0 Å². The van der Waals surface area contributed by atoms with Gasteiger partial charge < -0.3 is 0 Å².